The third-order valence-electron chi connectivity index (χ3n) is 4.69. The number of amides is 2. The van der Waals surface area contributed by atoms with Crippen molar-refractivity contribution in [2.75, 3.05) is 5.75 Å². The maximum atomic E-state index is 13.2. The molecule has 30 heavy (non-hydrogen) atoms. The molecule has 2 amide bonds. The number of rotatable bonds is 11. The number of hydrogen-bond donors (Lipinski definition) is 1. The zero-order chi connectivity index (χ0) is 21.9. The van der Waals surface area contributed by atoms with Crippen LogP contribution in [0.25, 0.3) is 0 Å². The van der Waals surface area contributed by atoms with Gasteiger partial charge in [0.25, 0.3) is 0 Å². The summed E-state index contributed by atoms with van der Waals surface area (Å²) in [6.45, 7) is 6.10. The van der Waals surface area contributed by atoms with Crippen LogP contribution in [0.2, 0.25) is 5.02 Å². The molecule has 1 atom stereocenters. The van der Waals surface area contributed by atoms with Crippen LogP contribution >= 0.6 is 23.4 Å². The molecule has 0 bridgehead atoms. The monoisotopic (exact) mass is 446 g/mol. The van der Waals surface area contributed by atoms with E-state index in [9.17, 15) is 9.59 Å². The number of benzene rings is 2. The van der Waals surface area contributed by atoms with Crippen LogP contribution in [-0.4, -0.2) is 34.6 Å². The summed E-state index contributed by atoms with van der Waals surface area (Å²) in [5.74, 6) is 1.42. The highest BCUT2D eigenvalue weighted by molar-refractivity contribution is 7.98. The summed E-state index contributed by atoms with van der Waals surface area (Å²) >= 11 is 8.06. The van der Waals surface area contributed by atoms with Crippen molar-refractivity contribution in [2.45, 2.75) is 58.0 Å². The molecule has 0 aliphatic heterocycles. The second kappa shape index (κ2) is 12.7. The van der Waals surface area contributed by atoms with Gasteiger partial charge < -0.3 is 10.2 Å². The summed E-state index contributed by atoms with van der Waals surface area (Å²) in [6, 6.07) is 17.2. The number of halogens is 1. The summed E-state index contributed by atoms with van der Waals surface area (Å²) < 4.78 is 0. The van der Waals surface area contributed by atoms with Crippen molar-refractivity contribution in [2.24, 2.45) is 0 Å². The van der Waals surface area contributed by atoms with E-state index in [-0.39, 0.29) is 17.9 Å². The Kier molecular flexibility index (Phi) is 10.2. The lowest BCUT2D eigenvalue weighted by atomic mass is 10.1. The van der Waals surface area contributed by atoms with Crippen LogP contribution in [0.1, 0.15) is 44.7 Å². The van der Waals surface area contributed by atoms with E-state index in [0.29, 0.717) is 30.2 Å². The van der Waals surface area contributed by atoms with Gasteiger partial charge in [-0.05, 0) is 37.5 Å². The molecule has 0 aromatic heterocycles. The molecule has 0 heterocycles. The summed E-state index contributed by atoms with van der Waals surface area (Å²) in [5.41, 5.74) is 2.09. The van der Waals surface area contributed by atoms with Crippen molar-refractivity contribution in [1.82, 2.24) is 10.2 Å². The lowest BCUT2D eigenvalue weighted by molar-refractivity contribution is -0.141. The normalized spacial score (nSPS) is 11.9. The summed E-state index contributed by atoms with van der Waals surface area (Å²) in [6.07, 6.45) is 0.930. The van der Waals surface area contributed by atoms with E-state index in [1.807, 2.05) is 63.2 Å². The zero-order valence-electron chi connectivity index (χ0n) is 17.9. The van der Waals surface area contributed by atoms with Gasteiger partial charge in [-0.2, -0.15) is 11.8 Å². The van der Waals surface area contributed by atoms with Crippen molar-refractivity contribution in [3.8, 4) is 0 Å². The maximum absolute atomic E-state index is 13.2. The lowest BCUT2D eigenvalue weighted by Crippen LogP contribution is -2.50. The molecule has 0 fully saturated rings. The fourth-order valence-corrected chi connectivity index (χ4v) is 4.26. The number of thioether (sulfide) groups is 1. The molecule has 1 unspecified atom stereocenters. The van der Waals surface area contributed by atoms with Crippen LogP contribution in [0.5, 0.6) is 0 Å². The van der Waals surface area contributed by atoms with E-state index in [0.717, 1.165) is 11.3 Å². The highest BCUT2D eigenvalue weighted by Gasteiger charge is 2.29. The number of hydrogen-bond acceptors (Lipinski definition) is 3. The van der Waals surface area contributed by atoms with Crippen molar-refractivity contribution < 1.29 is 9.59 Å². The smallest absolute Gasteiger partial charge is 0.243 e. The minimum Gasteiger partial charge on any atom is -0.352 e. The van der Waals surface area contributed by atoms with Gasteiger partial charge in [-0.1, -0.05) is 67.1 Å². The molecule has 0 saturated heterocycles. The number of carbonyl (C=O) groups is 2. The topological polar surface area (TPSA) is 49.4 Å². The molecule has 1 N–H and O–H groups in total. The Hall–Kier alpha value is -1.98. The highest BCUT2D eigenvalue weighted by Crippen LogP contribution is 2.21. The van der Waals surface area contributed by atoms with Gasteiger partial charge in [-0.3, -0.25) is 9.59 Å². The molecule has 162 valence electrons. The third-order valence-corrected chi connectivity index (χ3v) is 6.09. The van der Waals surface area contributed by atoms with Crippen LogP contribution in [-0.2, 0) is 21.9 Å². The Morgan fingerprint density at radius 1 is 1.07 bits per heavy atom. The van der Waals surface area contributed by atoms with Gasteiger partial charge in [0, 0.05) is 35.5 Å². The first kappa shape index (κ1) is 24.3. The summed E-state index contributed by atoms with van der Waals surface area (Å²) in [5, 5.41) is 3.55. The van der Waals surface area contributed by atoms with Crippen LogP contribution < -0.4 is 5.32 Å². The molecule has 0 spiro atoms. The minimum atomic E-state index is -0.518. The van der Waals surface area contributed by atoms with E-state index >= 15 is 0 Å². The van der Waals surface area contributed by atoms with Gasteiger partial charge in [0.15, 0.2) is 0 Å². The standard InChI is InChI=1S/C24H31ClN2O2S/c1-4-22(24(29)26-18(2)3)27(16-20-12-8-9-13-21(20)25)23(28)14-15-30-17-19-10-6-5-7-11-19/h5-13,18,22H,4,14-17H2,1-3H3,(H,26,29). The minimum absolute atomic E-state index is 0.0187. The van der Waals surface area contributed by atoms with Gasteiger partial charge in [-0.25, -0.2) is 0 Å². The Bertz CT molecular complexity index is 814. The average molecular weight is 447 g/mol. The molecular weight excluding hydrogens is 416 g/mol. The summed E-state index contributed by atoms with van der Waals surface area (Å²) in [7, 11) is 0. The molecule has 2 aromatic carbocycles. The fraction of sp³-hybridized carbons (Fsp3) is 0.417. The van der Waals surface area contributed by atoms with Gasteiger partial charge in [0.05, 0.1) is 0 Å². The molecular formula is C24H31ClN2O2S. The van der Waals surface area contributed by atoms with E-state index in [1.165, 1.54) is 5.56 Å². The van der Waals surface area contributed by atoms with Crippen LogP contribution in [0.15, 0.2) is 54.6 Å². The Labute approximate surface area is 189 Å². The Morgan fingerprint density at radius 3 is 2.37 bits per heavy atom. The predicted molar refractivity (Wildman–Crippen MR) is 127 cm³/mol. The molecule has 2 rings (SSSR count). The van der Waals surface area contributed by atoms with E-state index < -0.39 is 6.04 Å². The molecule has 0 radical (unpaired) electrons. The maximum Gasteiger partial charge on any atom is 0.243 e. The van der Waals surface area contributed by atoms with Gasteiger partial charge in [0.1, 0.15) is 6.04 Å². The van der Waals surface area contributed by atoms with Crippen LogP contribution in [0.4, 0.5) is 0 Å². The Balaban J connectivity index is 2.07. The number of nitrogens with one attached hydrogen (secondary N) is 1. The third kappa shape index (κ3) is 7.69. The summed E-state index contributed by atoms with van der Waals surface area (Å²) in [4.78, 5) is 27.6. The molecule has 0 saturated carbocycles. The second-order valence-electron chi connectivity index (χ2n) is 7.49. The molecule has 2 aromatic rings. The predicted octanol–water partition coefficient (Wildman–Crippen LogP) is 5.30. The zero-order valence-corrected chi connectivity index (χ0v) is 19.5. The van der Waals surface area contributed by atoms with Crippen molar-refractivity contribution in [1.29, 1.82) is 0 Å². The van der Waals surface area contributed by atoms with E-state index in [4.69, 9.17) is 11.6 Å². The largest absolute Gasteiger partial charge is 0.352 e. The van der Waals surface area contributed by atoms with Gasteiger partial charge >= 0.3 is 0 Å². The number of nitrogens with zero attached hydrogens (tertiary/aromatic N) is 1. The first-order chi connectivity index (χ1) is 14.4. The average Bonchev–Trinajstić information content (AvgIpc) is 2.72. The second-order valence-corrected chi connectivity index (χ2v) is 9.00. The quantitative estimate of drug-likeness (QED) is 0.477. The van der Waals surface area contributed by atoms with Gasteiger partial charge in [0.2, 0.25) is 11.8 Å². The lowest BCUT2D eigenvalue weighted by Gasteiger charge is -2.31. The first-order valence-corrected chi connectivity index (χ1v) is 11.9. The van der Waals surface area contributed by atoms with Crippen molar-refractivity contribution in [3.05, 3.63) is 70.7 Å². The molecule has 6 heteroatoms. The number of carbonyl (C=O) groups excluding carboxylic acids is 2. The first-order valence-electron chi connectivity index (χ1n) is 10.4. The SMILES string of the molecule is CCC(C(=O)NC(C)C)N(Cc1ccccc1Cl)C(=O)CCSCc1ccccc1. The molecule has 0 aliphatic rings. The van der Waals surface area contributed by atoms with E-state index in [1.54, 1.807) is 16.7 Å². The van der Waals surface area contributed by atoms with Crippen LogP contribution in [0.3, 0.4) is 0 Å². The van der Waals surface area contributed by atoms with Crippen molar-refractivity contribution >= 4 is 35.2 Å². The van der Waals surface area contributed by atoms with Crippen LogP contribution in [0, 0.1) is 0 Å². The molecule has 4 nitrogen and oxygen atoms in total. The highest BCUT2D eigenvalue weighted by atomic mass is 35.5. The van der Waals surface area contributed by atoms with Gasteiger partial charge in [-0.15, -0.1) is 0 Å². The molecule has 0 aliphatic carbocycles. The fourth-order valence-electron chi connectivity index (χ4n) is 3.18. The van der Waals surface area contributed by atoms with Crippen molar-refractivity contribution in [3.63, 3.8) is 0 Å². The van der Waals surface area contributed by atoms with E-state index in [2.05, 4.69) is 17.4 Å². The Morgan fingerprint density at radius 2 is 1.73 bits per heavy atom.